The first kappa shape index (κ1) is 13.5. The average molecular weight is 276 g/mol. The number of carbonyl (C=O) groups excluding carboxylic acids is 2. The summed E-state index contributed by atoms with van der Waals surface area (Å²) in [6, 6.07) is 6.47. The fourth-order valence-corrected chi connectivity index (χ4v) is 2.31. The number of thioether (sulfide) groups is 1. The summed E-state index contributed by atoms with van der Waals surface area (Å²) in [6.07, 6.45) is 0. The zero-order valence-electron chi connectivity index (χ0n) is 9.97. The molecule has 19 heavy (non-hydrogen) atoms. The summed E-state index contributed by atoms with van der Waals surface area (Å²) in [6.45, 7) is -0.183. The fourth-order valence-electron chi connectivity index (χ4n) is 1.53. The largest absolute Gasteiger partial charge is 0.384 e. The van der Waals surface area contributed by atoms with E-state index in [-0.39, 0.29) is 17.8 Å². The second-order valence-corrected chi connectivity index (χ2v) is 4.81. The summed E-state index contributed by atoms with van der Waals surface area (Å²) in [5, 5.41) is 13.7. The maximum atomic E-state index is 11.8. The maximum absolute atomic E-state index is 11.8. The molecule has 1 saturated heterocycles. The van der Waals surface area contributed by atoms with Crippen LogP contribution in [0.2, 0.25) is 0 Å². The Labute approximate surface area is 114 Å². The molecule has 1 aliphatic rings. The number of nitrogens with one attached hydrogen (secondary N) is 2. The van der Waals surface area contributed by atoms with Gasteiger partial charge in [-0.05, 0) is 24.3 Å². The summed E-state index contributed by atoms with van der Waals surface area (Å²) in [5.41, 5.74) is 1.41. The molecule has 1 aliphatic heterocycles. The molecule has 1 unspecified atom stereocenters. The van der Waals surface area contributed by atoms with Gasteiger partial charge in [-0.3, -0.25) is 9.59 Å². The SMILES string of the molecule is O=C1NC(C(=O)Nc2ccc(C#CCO)cc2)CS1. The average Bonchev–Trinajstić information content (AvgIpc) is 2.85. The van der Waals surface area contributed by atoms with Crippen molar-refractivity contribution in [1.29, 1.82) is 0 Å². The number of anilines is 1. The molecule has 6 heteroatoms. The molecule has 98 valence electrons. The van der Waals surface area contributed by atoms with Gasteiger partial charge in [0, 0.05) is 17.0 Å². The van der Waals surface area contributed by atoms with Crippen LogP contribution < -0.4 is 10.6 Å². The minimum absolute atomic E-state index is 0.172. The Kier molecular flexibility index (Phi) is 4.44. The lowest BCUT2D eigenvalue weighted by atomic mass is 10.2. The predicted octanol–water partition coefficient (Wildman–Crippen LogP) is 0.794. The summed E-state index contributed by atoms with van der Waals surface area (Å²) in [4.78, 5) is 22.8. The van der Waals surface area contributed by atoms with Crippen LogP contribution in [0.25, 0.3) is 0 Å². The first-order valence-electron chi connectivity index (χ1n) is 5.63. The standard InChI is InChI=1S/C13H12N2O3S/c16-7-1-2-9-3-5-10(6-4-9)14-12(17)11-8-19-13(18)15-11/h3-6,11,16H,7-8H2,(H,14,17)(H,15,18). The maximum Gasteiger partial charge on any atom is 0.279 e. The third-order valence-corrected chi connectivity index (χ3v) is 3.33. The Hall–Kier alpha value is -1.97. The van der Waals surface area contributed by atoms with Crippen LogP contribution in [0.15, 0.2) is 24.3 Å². The van der Waals surface area contributed by atoms with Gasteiger partial charge in [-0.1, -0.05) is 23.6 Å². The lowest BCUT2D eigenvalue weighted by molar-refractivity contribution is -0.117. The molecule has 0 aromatic heterocycles. The van der Waals surface area contributed by atoms with Gasteiger partial charge in [0.25, 0.3) is 5.24 Å². The molecule has 0 bridgehead atoms. The fraction of sp³-hybridized carbons (Fsp3) is 0.231. The van der Waals surface area contributed by atoms with Gasteiger partial charge in [-0.2, -0.15) is 0 Å². The van der Waals surface area contributed by atoms with Crippen molar-refractivity contribution >= 4 is 28.6 Å². The Morgan fingerprint density at radius 3 is 2.79 bits per heavy atom. The lowest BCUT2D eigenvalue weighted by Crippen LogP contribution is -2.38. The van der Waals surface area contributed by atoms with E-state index in [1.54, 1.807) is 24.3 Å². The predicted molar refractivity (Wildman–Crippen MR) is 73.8 cm³/mol. The highest BCUT2D eigenvalue weighted by Gasteiger charge is 2.27. The summed E-state index contributed by atoms with van der Waals surface area (Å²) < 4.78 is 0. The van der Waals surface area contributed by atoms with E-state index in [0.717, 1.165) is 17.3 Å². The van der Waals surface area contributed by atoms with E-state index in [1.807, 2.05) is 0 Å². The van der Waals surface area contributed by atoms with Crippen molar-refractivity contribution in [3.63, 3.8) is 0 Å². The number of benzene rings is 1. The van der Waals surface area contributed by atoms with E-state index in [9.17, 15) is 9.59 Å². The molecular formula is C13H12N2O3S. The van der Waals surface area contributed by atoms with Crippen LogP contribution in [0, 0.1) is 11.8 Å². The highest BCUT2D eigenvalue weighted by molar-refractivity contribution is 8.14. The van der Waals surface area contributed by atoms with Crippen LogP contribution in [0.5, 0.6) is 0 Å². The van der Waals surface area contributed by atoms with Crippen LogP contribution in [0.4, 0.5) is 10.5 Å². The Bertz CT molecular complexity index is 545. The third-order valence-electron chi connectivity index (χ3n) is 2.45. The van der Waals surface area contributed by atoms with Gasteiger partial charge in [0.1, 0.15) is 12.6 Å². The molecule has 2 rings (SSSR count). The van der Waals surface area contributed by atoms with Crippen LogP contribution in [0.3, 0.4) is 0 Å². The van der Waals surface area contributed by atoms with Crippen molar-refractivity contribution < 1.29 is 14.7 Å². The number of hydrogen-bond donors (Lipinski definition) is 3. The quantitative estimate of drug-likeness (QED) is 0.698. The first-order chi connectivity index (χ1) is 9.19. The number of carbonyl (C=O) groups is 2. The van der Waals surface area contributed by atoms with Crippen molar-refractivity contribution in [3.8, 4) is 11.8 Å². The molecule has 1 fully saturated rings. The van der Waals surface area contributed by atoms with E-state index < -0.39 is 6.04 Å². The van der Waals surface area contributed by atoms with Crippen LogP contribution in [-0.2, 0) is 4.79 Å². The van der Waals surface area contributed by atoms with Gasteiger partial charge in [0.2, 0.25) is 5.91 Å². The molecule has 1 atom stereocenters. The van der Waals surface area contributed by atoms with Crippen molar-refractivity contribution in [2.45, 2.75) is 6.04 Å². The minimum Gasteiger partial charge on any atom is -0.384 e. The minimum atomic E-state index is -0.480. The second kappa shape index (κ2) is 6.27. The van der Waals surface area contributed by atoms with E-state index in [0.29, 0.717) is 11.4 Å². The van der Waals surface area contributed by atoms with Gasteiger partial charge in [-0.15, -0.1) is 0 Å². The van der Waals surface area contributed by atoms with Crippen molar-refractivity contribution in [2.24, 2.45) is 0 Å². The highest BCUT2D eigenvalue weighted by atomic mass is 32.2. The monoisotopic (exact) mass is 276 g/mol. The van der Waals surface area contributed by atoms with Crippen molar-refractivity contribution in [2.75, 3.05) is 17.7 Å². The van der Waals surface area contributed by atoms with Crippen LogP contribution in [0.1, 0.15) is 5.56 Å². The van der Waals surface area contributed by atoms with E-state index >= 15 is 0 Å². The van der Waals surface area contributed by atoms with Gasteiger partial charge in [-0.25, -0.2) is 0 Å². The zero-order valence-corrected chi connectivity index (χ0v) is 10.8. The molecular weight excluding hydrogens is 264 g/mol. The zero-order chi connectivity index (χ0) is 13.7. The highest BCUT2D eigenvalue weighted by Crippen LogP contribution is 2.15. The molecule has 0 saturated carbocycles. The lowest BCUT2D eigenvalue weighted by Gasteiger charge is -2.10. The normalized spacial score (nSPS) is 17.3. The van der Waals surface area contributed by atoms with Gasteiger partial charge >= 0.3 is 0 Å². The molecule has 0 aliphatic carbocycles. The molecule has 1 heterocycles. The summed E-state index contributed by atoms with van der Waals surface area (Å²) in [7, 11) is 0. The number of aliphatic hydroxyl groups is 1. The summed E-state index contributed by atoms with van der Waals surface area (Å²) >= 11 is 1.10. The molecule has 5 nitrogen and oxygen atoms in total. The van der Waals surface area contributed by atoms with E-state index in [1.165, 1.54) is 0 Å². The molecule has 3 N–H and O–H groups in total. The van der Waals surface area contributed by atoms with E-state index in [4.69, 9.17) is 5.11 Å². The first-order valence-corrected chi connectivity index (χ1v) is 6.61. The number of aliphatic hydroxyl groups excluding tert-OH is 1. The Balaban J connectivity index is 1.95. The molecule has 1 aromatic carbocycles. The number of hydrogen-bond acceptors (Lipinski definition) is 4. The Morgan fingerprint density at radius 1 is 1.47 bits per heavy atom. The van der Waals surface area contributed by atoms with Gasteiger partial charge < -0.3 is 15.7 Å². The second-order valence-electron chi connectivity index (χ2n) is 3.82. The Morgan fingerprint density at radius 2 is 2.21 bits per heavy atom. The molecule has 0 radical (unpaired) electrons. The third kappa shape index (κ3) is 3.74. The van der Waals surface area contributed by atoms with Gasteiger partial charge in [0.15, 0.2) is 0 Å². The van der Waals surface area contributed by atoms with Crippen LogP contribution >= 0.6 is 11.8 Å². The van der Waals surface area contributed by atoms with Crippen molar-refractivity contribution in [3.05, 3.63) is 29.8 Å². The topological polar surface area (TPSA) is 78.4 Å². The van der Waals surface area contributed by atoms with Crippen molar-refractivity contribution in [1.82, 2.24) is 5.32 Å². The van der Waals surface area contributed by atoms with Gasteiger partial charge in [0.05, 0.1) is 0 Å². The number of rotatable bonds is 2. The van der Waals surface area contributed by atoms with Crippen LogP contribution in [-0.4, -0.2) is 34.7 Å². The summed E-state index contributed by atoms with van der Waals surface area (Å²) in [5.74, 6) is 5.53. The van der Waals surface area contributed by atoms with E-state index in [2.05, 4.69) is 22.5 Å². The molecule has 2 amide bonds. The molecule has 0 spiro atoms. The molecule has 1 aromatic rings. The number of amides is 2. The smallest absolute Gasteiger partial charge is 0.279 e.